The second-order valence-corrected chi connectivity index (χ2v) is 7.10. The molecule has 0 aliphatic carbocycles. The number of fused-ring (bicyclic) bond motifs is 1. The first kappa shape index (κ1) is 19.0. The van der Waals surface area contributed by atoms with Gasteiger partial charge in [-0.2, -0.15) is 0 Å². The van der Waals surface area contributed by atoms with E-state index in [-0.39, 0.29) is 25.2 Å². The highest BCUT2D eigenvalue weighted by Crippen LogP contribution is 2.22. The lowest BCUT2D eigenvalue weighted by atomic mass is 10.1. The fourth-order valence-corrected chi connectivity index (χ4v) is 2.99. The van der Waals surface area contributed by atoms with Gasteiger partial charge in [-0.3, -0.25) is 9.59 Å². The fourth-order valence-electron chi connectivity index (χ4n) is 2.65. The molecule has 6 heteroatoms. The van der Waals surface area contributed by atoms with Gasteiger partial charge in [0.05, 0.1) is 6.42 Å². The van der Waals surface area contributed by atoms with Crippen LogP contribution in [0.2, 0.25) is 0 Å². The summed E-state index contributed by atoms with van der Waals surface area (Å²) in [4.78, 5) is 35.8. The van der Waals surface area contributed by atoms with Crippen LogP contribution in [0.4, 0.5) is 0 Å². The highest BCUT2D eigenvalue weighted by Gasteiger charge is 2.12. The molecule has 27 heavy (non-hydrogen) atoms. The zero-order chi connectivity index (χ0) is 19.4. The topological polar surface area (TPSA) is 73.6 Å². The molecule has 0 radical (unpaired) electrons. The van der Waals surface area contributed by atoms with Crippen LogP contribution in [0.25, 0.3) is 11.0 Å². The van der Waals surface area contributed by atoms with Crippen LogP contribution in [-0.2, 0) is 16.1 Å². The van der Waals surface area contributed by atoms with Crippen molar-refractivity contribution in [1.82, 2.24) is 0 Å². The van der Waals surface area contributed by atoms with Crippen molar-refractivity contribution in [2.45, 2.75) is 26.4 Å². The van der Waals surface area contributed by atoms with E-state index in [9.17, 15) is 14.4 Å². The van der Waals surface area contributed by atoms with Crippen molar-refractivity contribution in [3.05, 3.63) is 80.1 Å². The monoisotopic (exact) mass is 428 g/mol. The van der Waals surface area contributed by atoms with Crippen LogP contribution in [-0.4, -0.2) is 11.8 Å². The Morgan fingerprint density at radius 2 is 1.78 bits per heavy atom. The van der Waals surface area contributed by atoms with E-state index in [1.54, 1.807) is 24.3 Å². The Hall–Kier alpha value is -2.73. The highest BCUT2D eigenvalue weighted by atomic mass is 79.9. The third-order valence-corrected chi connectivity index (χ3v) is 4.60. The van der Waals surface area contributed by atoms with E-state index in [2.05, 4.69) is 15.9 Å². The first-order valence-corrected chi connectivity index (χ1v) is 9.19. The minimum absolute atomic E-state index is 0.0162. The molecule has 0 N–H and O–H groups in total. The number of hydrogen-bond acceptors (Lipinski definition) is 5. The molecule has 2 aromatic carbocycles. The smallest absolute Gasteiger partial charge is 0.336 e. The SMILES string of the molecule is Cc1ccc(C(=O)CCC(=O)OCc2cc(=O)oc3cc(Br)ccc23)cc1. The number of hydrogen-bond donors (Lipinski definition) is 0. The van der Waals surface area contributed by atoms with Gasteiger partial charge < -0.3 is 9.15 Å². The summed E-state index contributed by atoms with van der Waals surface area (Å²) in [5.41, 5.74) is 2.11. The van der Waals surface area contributed by atoms with Crippen molar-refractivity contribution in [2.75, 3.05) is 0 Å². The molecule has 0 aliphatic heterocycles. The number of aryl methyl sites for hydroxylation is 1. The quantitative estimate of drug-likeness (QED) is 0.326. The third-order valence-electron chi connectivity index (χ3n) is 4.11. The maximum Gasteiger partial charge on any atom is 0.336 e. The Bertz CT molecular complexity index is 1050. The second-order valence-electron chi connectivity index (χ2n) is 6.18. The summed E-state index contributed by atoms with van der Waals surface area (Å²) < 4.78 is 11.2. The molecule has 0 saturated heterocycles. The average molecular weight is 429 g/mol. The summed E-state index contributed by atoms with van der Waals surface area (Å²) in [6.45, 7) is 1.89. The van der Waals surface area contributed by atoms with Gasteiger partial charge in [0.25, 0.3) is 0 Å². The molecule has 0 amide bonds. The van der Waals surface area contributed by atoms with Crippen molar-refractivity contribution < 1.29 is 18.7 Å². The normalized spacial score (nSPS) is 10.7. The number of Topliss-reactive ketones (excluding diaryl/α,β-unsaturated/α-hetero) is 1. The molecule has 1 aromatic heterocycles. The van der Waals surface area contributed by atoms with E-state index in [1.165, 1.54) is 6.07 Å². The van der Waals surface area contributed by atoms with E-state index < -0.39 is 11.6 Å². The molecular formula is C21H17BrO5. The zero-order valence-corrected chi connectivity index (χ0v) is 16.2. The Balaban J connectivity index is 1.61. The molecule has 0 fully saturated rings. The van der Waals surface area contributed by atoms with Crippen LogP contribution in [0.5, 0.6) is 0 Å². The summed E-state index contributed by atoms with van der Waals surface area (Å²) in [5, 5.41) is 0.696. The van der Waals surface area contributed by atoms with Crippen LogP contribution in [0.3, 0.4) is 0 Å². The van der Waals surface area contributed by atoms with E-state index in [0.29, 0.717) is 22.1 Å². The Morgan fingerprint density at radius 3 is 2.52 bits per heavy atom. The van der Waals surface area contributed by atoms with E-state index in [4.69, 9.17) is 9.15 Å². The minimum atomic E-state index is -0.513. The van der Waals surface area contributed by atoms with Gasteiger partial charge in [-0.1, -0.05) is 45.8 Å². The summed E-state index contributed by atoms with van der Waals surface area (Å²) in [5.74, 6) is -0.600. The fraction of sp³-hybridized carbons (Fsp3) is 0.190. The number of ketones is 1. The first-order chi connectivity index (χ1) is 12.9. The van der Waals surface area contributed by atoms with Gasteiger partial charge >= 0.3 is 11.6 Å². The summed E-state index contributed by atoms with van der Waals surface area (Å²) in [7, 11) is 0. The van der Waals surface area contributed by atoms with Gasteiger partial charge in [-0.25, -0.2) is 4.79 Å². The molecule has 5 nitrogen and oxygen atoms in total. The molecule has 0 atom stereocenters. The van der Waals surface area contributed by atoms with Crippen molar-refractivity contribution in [2.24, 2.45) is 0 Å². The van der Waals surface area contributed by atoms with Gasteiger partial charge in [-0.15, -0.1) is 0 Å². The minimum Gasteiger partial charge on any atom is -0.461 e. The summed E-state index contributed by atoms with van der Waals surface area (Å²) in [6.07, 6.45) is 0.0597. The number of esters is 1. The molecule has 0 bridgehead atoms. The van der Waals surface area contributed by atoms with Crippen molar-refractivity contribution >= 4 is 38.7 Å². The number of rotatable bonds is 6. The highest BCUT2D eigenvalue weighted by molar-refractivity contribution is 9.10. The average Bonchev–Trinajstić information content (AvgIpc) is 2.64. The lowest BCUT2D eigenvalue weighted by molar-refractivity contribution is -0.144. The number of halogens is 1. The van der Waals surface area contributed by atoms with Gasteiger partial charge in [0.15, 0.2) is 5.78 Å². The van der Waals surface area contributed by atoms with Crippen LogP contribution in [0.15, 0.2) is 62.2 Å². The molecule has 1 heterocycles. The lowest BCUT2D eigenvalue weighted by Gasteiger charge is -2.07. The maximum atomic E-state index is 12.1. The van der Waals surface area contributed by atoms with E-state index in [1.807, 2.05) is 25.1 Å². The van der Waals surface area contributed by atoms with Gasteiger partial charge in [0.2, 0.25) is 0 Å². The predicted octanol–water partition coefficient (Wildman–Crippen LogP) is 4.57. The molecule has 0 aliphatic rings. The number of benzene rings is 2. The van der Waals surface area contributed by atoms with Crippen LogP contribution in [0, 0.1) is 6.92 Å². The van der Waals surface area contributed by atoms with E-state index >= 15 is 0 Å². The Morgan fingerprint density at radius 1 is 1.04 bits per heavy atom. The molecule has 3 rings (SSSR count). The first-order valence-electron chi connectivity index (χ1n) is 8.40. The lowest BCUT2D eigenvalue weighted by Crippen LogP contribution is -2.10. The maximum absolute atomic E-state index is 12.1. The van der Waals surface area contributed by atoms with Gasteiger partial charge in [0.1, 0.15) is 12.2 Å². The van der Waals surface area contributed by atoms with Gasteiger partial charge in [0, 0.05) is 33.5 Å². The van der Waals surface area contributed by atoms with Crippen molar-refractivity contribution in [3.8, 4) is 0 Å². The Kier molecular flexibility index (Phi) is 5.86. The summed E-state index contributed by atoms with van der Waals surface area (Å²) in [6, 6.07) is 13.8. The van der Waals surface area contributed by atoms with Crippen molar-refractivity contribution in [3.63, 3.8) is 0 Å². The number of carbonyl (C=O) groups is 2. The molecule has 138 valence electrons. The zero-order valence-electron chi connectivity index (χ0n) is 14.7. The Labute approximate surface area is 164 Å². The molecule has 3 aromatic rings. The molecule has 0 saturated carbocycles. The van der Waals surface area contributed by atoms with Gasteiger partial charge in [-0.05, 0) is 25.1 Å². The van der Waals surface area contributed by atoms with Crippen LogP contribution in [0.1, 0.15) is 34.3 Å². The summed E-state index contributed by atoms with van der Waals surface area (Å²) >= 11 is 3.32. The largest absolute Gasteiger partial charge is 0.461 e. The predicted molar refractivity (Wildman–Crippen MR) is 105 cm³/mol. The number of carbonyl (C=O) groups excluding carboxylic acids is 2. The van der Waals surface area contributed by atoms with E-state index in [0.717, 1.165) is 10.0 Å². The van der Waals surface area contributed by atoms with Crippen LogP contribution < -0.4 is 5.63 Å². The third kappa shape index (κ3) is 4.92. The molecule has 0 spiro atoms. The van der Waals surface area contributed by atoms with Crippen molar-refractivity contribution in [1.29, 1.82) is 0 Å². The second kappa shape index (κ2) is 8.31. The number of ether oxygens (including phenoxy) is 1. The van der Waals surface area contributed by atoms with Crippen LogP contribution >= 0.6 is 15.9 Å². The molecule has 0 unspecified atom stereocenters. The molecular weight excluding hydrogens is 412 g/mol. The standard InChI is InChI=1S/C21H17BrO5/c1-13-2-4-14(5-3-13)18(23)8-9-20(24)26-12-15-10-21(25)27-19-11-16(22)6-7-17(15)19/h2-7,10-11H,8-9,12H2,1H3.